The third-order valence-electron chi connectivity index (χ3n) is 1.88. The van der Waals surface area contributed by atoms with Crippen LogP contribution in [0.3, 0.4) is 0 Å². The molecule has 0 aliphatic heterocycles. The van der Waals surface area contributed by atoms with Gasteiger partial charge in [-0.2, -0.15) is 0 Å². The molecule has 4 nitrogen and oxygen atoms in total. The number of aliphatic hydroxyl groups is 1. The minimum Gasteiger partial charge on any atom is -0.508 e. The minimum atomic E-state index is -1.06. The first-order chi connectivity index (χ1) is 7.13. The summed E-state index contributed by atoms with van der Waals surface area (Å²) < 4.78 is 4.75. The first kappa shape index (κ1) is 11.5. The number of phenolic OH excluding ortho intramolecular Hbond substituents is 1. The van der Waals surface area contributed by atoms with E-state index >= 15 is 0 Å². The summed E-state index contributed by atoms with van der Waals surface area (Å²) in [5.41, 5.74) is 0.308. The monoisotopic (exact) mass is 210 g/mol. The highest BCUT2D eigenvalue weighted by Crippen LogP contribution is 2.11. The zero-order valence-corrected chi connectivity index (χ0v) is 8.51. The molecular formula is C11H14O4. The topological polar surface area (TPSA) is 66.8 Å². The SMILES string of the molecule is CCCC(O)OC(=O)c1ccc(O)cc1. The van der Waals surface area contributed by atoms with E-state index in [0.29, 0.717) is 12.0 Å². The molecule has 0 radical (unpaired) electrons. The second kappa shape index (κ2) is 5.36. The lowest BCUT2D eigenvalue weighted by molar-refractivity contribution is -0.0685. The van der Waals surface area contributed by atoms with Crippen LogP contribution in [0, 0.1) is 0 Å². The fourth-order valence-corrected chi connectivity index (χ4v) is 1.09. The van der Waals surface area contributed by atoms with Crippen LogP contribution in [0.15, 0.2) is 24.3 Å². The van der Waals surface area contributed by atoms with E-state index in [4.69, 9.17) is 9.84 Å². The molecule has 1 atom stereocenters. The number of ether oxygens (including phenoxy) is 1. The number of hydrogen-bond donors (Lipinski definition) is 2. The van der Waals surface area contributed by atoms with Gasteiger partial charge >= 0.3 is 5.97 Å². The third kappa shape index (κ3) is 3.59. The Morgan fingerprint density at radius 1 is 1.40 bits per heavy atom. The number of hydrogen-bond acceptors (Lipinski definition) is 4. The standard InChI is InChI=1S/C11H14O4/c1-2-3-10(13)15-11(14)8-4-6-9(12)7-5-8/h4-7,10,12-13H,2-3H2,1H3. The fourth-order valence-electron chi connectivity index (χ4n) is 1.09. The van der Waals surface area contributed by atoms with Gasteiger partial charge in [0.05, 0.1) is 5.56 Å². The molecule has 0 fully saturated rings. The summed E-state index contributed by atoms with van der Waals surface area (Å²) in [6.45, 7) is 1.89. The van der Waals surface area contributed by atoms with Crippen molar-refractivity contribution in [1.82, 2.24) is 0 Å². The van der Waals surface area contributed by atoms with E-state index in [9.17, 15) is 9.90 Å². The molecule has 0 bridgehead atoms. The second-order valence-electron chi connectivity index (χ2n) is 3.20. The van der Waals surface area contributed by atoms with Crippen LogP contribution < -0.4 is 0 Å². The number of carbonyl (C=O) groups excluding carboxylic acids is 1. The molecule has 1 unspecified atom stereocenters. The average molecular weight is 210 g/mol. The van der Waals surface area contributed by atoms with Crippen LogP contribution in [0.4, 0.5) is 0 Å². The number of aliphatic hydroxyl groups excluding tert-OH is 1. The van der Waals surface area contributed by atoms with E-state index < -0.39 is 12.3 Å². The molecule has 0 amide bonds. The van der Waals surface area contributed by atoms with Crippen molar-refractivity contribution in [2.45, 2.75) is 26.1 Å². The lowest BCUT2D eigenvalue weighted by Crippen LogP contribution is -2.17. The first-order valence-electron chi connectivity index (χ1n) is 4.81. The van der Waals surface area contributed by atoms with Gasteiger partial charge in [0.1, 0.15) is 5.75 Å². The number of carbonyl (C=O) groups is 1. The first-order valence-corrected chi connectivity index (χ1v) is 4.81. The number of benzene rings is 1. The Morgan fingerprint density at radius 2 is 2.00 bits per heavy atom. The van der Waals surface area contributed by atoms with Gasteiger partial charge in [0.15, 0.2) is 0 Å². The molecule has 0 saturated carbocycles. The highest BCUT2D eigenvalue weighted by atomic mass is 16.6. The number of aromatic hydroxyl groups is 1. The molecule has 0 saturated heterocycles. The van der Waals surface area contributed by atoms with Crippen molar-refractivity contribution in [3.05, 3.63) is 29.8 Å². The highest BCUT2D eigenvalue weighted by Gasteiger charge is 2.11. The maximum atomic E-state index is 11.4. The Kier molecular flexibility index (Phi) is 4.12. The predicted octanol–water partition coefficient (Wildman–Crippen LogP) is 1.67. The summed E-state index contributed by atoms with van der Waals surface area (Å²) in [4.78, 5) is 11.4. The molecule has 15 heavy (non-hydrogen) atoms. The average Bonchev–Trinajstić information content (AvgIpc) is 2.18. The van der Waals surface area contributed by atoms with Gasteiger partial charge in [-0.05, 0) is 24.3 Å². The largest absolute Gasteiger partial charge is 0.508 e. The Morgan fingerprint density at radius 3 is 2.53 bits per heavy atom. The fraction of sp³-hybridized carbons (Fsp3) is 0.364. The summed E-state index contributed by atoms with van der Waals surface area (Å²) in [6, 6.07) is 5.66. The summed E-state index contributed by atoms with van der Waals surface area (Å²) in [5, 5.41) is 18.2. The maximum absolute atomic E-state index is 11.4. The van der Waals surface area contributed by atoms with Gasteiger partial charge in [-0.3, -0.25) is 0 Å². The Labute approximate surface area is 88.1 Å². The van der Waals surface area contributed by atoms with Crippen molar-refractivity contribution >= 4 is 5.97 Å². The van der Waals surface area contributed by atoms with E-state index in [2.05, 4.69) is 0 Å². The van der Waals surface area contributed by atoms with Crippen molar-refractivity contribution in [2.75, 3.05) is 0 Å². The molecule has 4 heteroatoms. The van der Waals surface area contributed by atoms with Gasteiger partial charge < -0.3 is 14.9 Å². The van der Waals surface area contributed by atoms with E-state index in [0.717, 1.165) is 6.42 Å². The maximum Gasteiger partial charge on any atom is 0.340 e. The third-order valence-corrected chi connectivity index (χ3v) is 1.88. The van der Waals surface area contributed by atoms with Gasteiger partial charge in [0.2, 0.25) is 6.29 Å². The van der Waals surface area contributed by atoms with Crippen LogP contribution in [-0.4, -0.2) is 22.5 Å². The number of esters is 1. The quantitative estimate of drug-likeness (QED) is 0.586. The molecule has 2 N–H and O–H groups in total. The van der Waals surface area contributed by atoms with Gasteiger partial charge in [-0.15, -0.1) is 0 Å². The van der Waals surface area contributed by atoms with Gasteiger partial charge in [0.25, 0.3) is 0 Å². The van der Waals surface area contributed by atoms with Crippen molar-refractivity contribution < 1.29 is 19.7 Å². The number of phenols is 1. The molecule has 0 spiro atoms. The molecule has 0 aliphatic rings. The van der Waals surface area contributed by atoms with Crippen LogP contribution in [0.2, 0.25) is 0 Å². The van der Waals surface area contributed by atoms with Gasteiger partial charge in [-0.25, -0.2) is 4.79 Å². The van der Waals surface area contributed by atoms with Crippen LogP contribution in [0.25, 0.3) is 0 Å². The number of rotatable bonds is 4. The Bertz CT molecular complexity index is 318. The summed E-state index contributed by atoms with van der Waals surface area (Å²) in [5.74, 6) is -0.503. The van der Waals surface area contributed by atoms with Crippen LogP contribution >= 0.6 is 0 Å². The van der Waals surface area contributed by atoms with E-state index in [1.807, 2.05) is 6.92 Å². The predicted molar refractivity (Wildman–Crippen MR) is 54.4 cm³/mol. The molecule has 0 heterocycles. The van der Waals surface area contributed by atoms with Crippen LogP contribution in [0.5, 0.6) is 5.75 Å². The van der Waals surface area contributed by atoms with Gasteiger partial charge in [-0.1, -0.05) is 13.3 Å². The molecule has 1 rings (SSSR count). The van der Waals surface area contributed by atoms with Crippen LogP contribution in [0.1, 0.15) is 30.1 Å². The van der Waals surface area contributed by atoms with Crippen molar-refractivity contribution in [3.63, 3.8) is 0 Å². The molecule has 1 aromatic carbocycles. The Hall–Kier alpha value is -1.55. The van der Waals surface area contributed by atoms with E-state index in [1.165, 1.54) is 24.3 Å². The molecule has 1 aromatic rings. The summed E-state index contributed by atoms with van der Waals surface area (Å²) in [6.07, 6.45) is 0.102. The van der Waals surface area contributed by atoms with E-state index in [1.54, 1.807) is 0 Å². The Balaban J connectivity index is 2.57. The molecule has 0 aliphatic carbocycles. The van der Waals surface area contributed by atoms with E-state index in [-0.39, 0.29) is 5.75 Å². The smallest absolute Gasteiger partial charge is 0.340 e. The molecule has 0 aromatic heterocycles. The summed E-state index contributed by atoms with van der Waals surface area (Å²) in [7, 11) is 0. The normalized spacial score (nSPS) is 12.1. The second-order valence-corrected chi connectivity index (χ2v) is 3.20. The van der Waals surface area contributed by atoms with Gasteiger partial charge in [0, 0.05) is 6.42 Å². The van der Waals surface area contributed by atoms with Crippen molar-refractivity contribution in [2.24, 2.45) is 0 Å². The zero-order chi connectivity index (χ0) is 11.3. The minimum absolute atomic E-state index is 0.0839. The molecular weight excluding hydrogens is 196 g/mol. The molecule has 82 valence electrons. The lowest BCUT2D eigenvalue weighted by atomic mass is 10.2. The zero-order valence-electron chi connectivity index (χ0n) is 8.51. The van der Waals surface area contributed by atoms with Crippen molar-refractivity contribution in [3.8, 4) is 5.75 Å². The summed E-state index contributed by atoms with van der Waals surface area (Å²) >= 11 is 0. The van der Waals surface area contributed by atoms with Crippen LogP contribution in [-0.2, 0) is 4.74 Å². The lowest BCUT2D eigenvalue weighted by Gasteiger charge is -2.10. The highest BCUT2D eigenvalue weighted by molar-refractivity contribution is 5.89. The van der Waals surface area contributed by atoms with Crippen molar-refractivity contribution in [1.29, 1.82) is 0 Å².